The van der Waals surface area contributed by atoms with Crippen LogP contribution in [0, 0.1) is 0 Å². The Labute approximate surface area is 181 Å². The molecule has 0 saturated heterocycles. The lowest BCUT2D eigenvalue weighted by Crippen LogP contribution is -2.23. The Hall–Kier alpha value is -3.59. The summed E-state index contributed by atoms with van der Waals surface area (Å²) >= 11 is 0. The predicted molar refractivity (Wildman–Crippen MR) is 117 cm³/mol. The highest BCUT2D eigenvalue weighted by Gasteiger charge is 2.14. The van der Waals surface area contributed by atoms with E-state index in [1.807, 2.05) is 6.92 Å². The quantitative estimate of drug-likeness (QED) is 0.523. The van der Waals surface area contributed by atoms with Gasteiger partial charge in [-0.2, -0.15) is 0 Å². The van der Waals surface area contributed by atoms with Crippen LogP contribution >= 0.6 is 0 Å². The highest BCUT2D eigenvalue weighted by atomic mass is 32.2. The Balaban J connectivity index is 1.62. The Morgan fingerprint density at radius 2 is 1.65 bits per heavy atom. The number of nitrogens with zero attached hydrogens (tertiary/aromatic N) is 1. The zero-order chi connectivity index (χ0) is 22.3. The van der Waals surface area contributed by atoms with Crippen molar-refractivity contribution in [2.45, 2.75) is 18.2 Å². The maximum Gasteiger partial charge on any atom is 0.261 e. The number of benzene rings is 2. The molecular formula is C22H23N3O5S. The molecule has 1 amide bonds. The van der Waals surface area contributed by atoms with Crippen LogP contribution in [0.4, 0.5) is 5.69 Å². The van der Waals surface area contributed by atoms with Crippen LogP contribution in [0.5, 0.6) is 17.4 Å². The fraction of sp³-hybridized carbons (Fsp3) is 0.182. The van der Waals surface area contributed by atoms with Gasteiger partial charge in [0, 0.05) is 24.5 Å². The minimum Gasteiger partial charge on any atom is -0.497 e. The van der Waals surface area contributed by atoms with Crippen LogP contribution in [-0.4, -0.2) is 33.0 Å². The number of rotatable bonds is 9. The van der Waals surface area contributed by atoms with E-state index >= 15 is 0 Å². The van der Waals surface area contributed by atoms with Crippen molar-refractivity contribution in [3.05, 3.63) is 72.4 Å². The summed E-state index contributed by atoms with van der Waals surface area (Å²) in [5.41, 5.74) is 0.836. The van der Waals surface area contributed by atoms with Crippen molar-refractivity contribution in [2.24, 2.45) is 0 Å². The van der Waals surface area contributed by atoms with Gasteiger partial charge in [0.2, 0.25) is 5.88 Å². The van der Waals surface area contributed by atoms with E-state index in [0.717, 1.165) is 6.42 Å². The van der Waals surface area contributed by atoms with E-state index in [-0.39, 0.29) is 10.8 Å². The minimum atomic E-state index is -3.73. The van der Waals surface area contributed by atoms with Gasteiger partial charge in [0.15, 0.2) is 0 Å². The number of carbonyl (C=O) groups is 1. The molecule has 1 heterocycles. The van der Waals surface area contributed by atoms with Crippen LogP contribution in [0.2, 0.25) is 0 Å². The first-order valence-electron chi connectivity index (χ1n) is 9.60. The predicted octanol–water partition coefficient (Wildman–Crippen LogP) is 3.82. The molecule has 3 rings (SSSR count). The van der Waals surface area contributed by atoms with E-state index < -0.39 is 10.0 Å². The van der Waals surface area contributed by atoms with Crippen molar-refractivity contribution in [1.29, 1.82) is 0 Å². The molecule has 0 unspecified atom stereocenters. The van der Waals surface area contributed by atoms with E-state index in [0.29, 0.717) is 35.2 Å². The molecule has 2 N–H and O–H groups in total. The maximum atomic E-state index is 12.5. The maximum absolute atomic E-state index is 12.5. The van der Waals surface area contributed by atoms with Gasteiger partial charge >= 0.3 is 0 Å². The number of hydrogen-bond acceptors (Lipinski definition) is 6. The van der Waals surface area contributed by atoms with E-state index in [9.17, 15) is 13.2 Å². The molecule has 2 aromatic carbocycles. The lowest BCUT2D eigenvalue weighted by Gasteiger charge is -2.10. The molecule has 162 valence electrons. The average molecular weight is 442 g/mol. The van der Waals surface area contributed by atoms with Crippen molar-refractivity contribution in [2.75, 3.05) is 18.4 Å². The fourth-order valence-corrected chi connectivity index (χ4v) is 3.65. The molecule has 3 aromatic rings. The molecule has 0 bridgehead atoms. The molecular weight excluding hydrogens is 418 g/mol. The summed E-state index contributed by atoms with van der Waals surface area (Å²) < 4.78 is 38.2. The summed E-state index contributed by atoms with van der Waals surface area (Å²) in [4.78, 5) is 16.2. The van der Waals surface area contributed by atoms with Gasteiger partial charge in [0.25, 0.3) is 15.9 Å². The molecule has 0 spiro atoms. The lowest BCUT2D eigenvalue weighted by atomic mass is 10.2. The number of hydrogen-bond donors (Lipinski definition) is 2. The van der Waals surface area contributed by atoms with Gasteiger partial charge in [0.1, 0.15) is 11.5 Å². The third kappa shape index (κ3) is 5.95. The Bertz CT molecular complexity index is 1110. The first kappa shape index (κ1) is 22.1. The molecule has 0 saturated carbocycles. The lowest BCUT2D eigenvalue weighted by molar-refractivity contribution is 0.0953. The molecule has 0 aliphatic heterocycles. The van der Waals surface area contributed by atoms with Crippen LogP contribution in [0.3, 0.4) is 0 Å². The largest absolute Gasteiger partial charge is 0.497 e. The topological polar surface area (TPSA) is 107 Å². The van der Waals surface area contributed by atoms with Crippen molar-refractivity contribution in [3.8, 4) is 17.4 Å². The van der Waals surface area contributed by atoms with Gasteiger partial charge in [-0.15, -0.1) is 0 Å². The SMILES string of the molecule is CCCNC(=O)c1ccc(Oc2ccc(NS(=O)(=O)c3ccc(OC)cc3)cc2)nc1. The van der Waals surface area contributed by atoms with Crippen molar-refractivity contribution < 1.29 is 22.7 Å². The number of methoxy groups -OCH3 is 1. The Kier molecular flexibility index (Phi) is 7.09. The normalized spacial score (nSPS) is 10.9. The van der Waals surface area contributed by atoms with E-state index in [1.54, 1.807) is 48.5 Å². The third-order valence-electron chi connectivity index (χ3n) is 4.23. The average Bonchev–Trinajstić information content (AvgIpc) is 2.79. The number of aromatic nitrogens is 1. The van der Waals surface area contributed by atoms with Crippen molar-refractivity contribution in [3.63, 3.8) is 0 Å². The third-order valence-corrected chi connectivity index (χ3v) is 5.63. The monoisotopic (exact) mass is 441 g/mol. The van der Waals surface area contributed by atoms with Gasteiger partial charge in [-0.1, -0.05) is 6.92 Å². The second-order valence-electron chi connectivity index (χ2n) is 6.55. The fourth-order valence-electron chi connectivity index (χ4n) is 2.60. The number of carbonyl (C=O) groups excluding carboxylic acids is 1. The van der Waals surface area contributed by atoms with Crippen LogP contribution < -0.4 is 19.5 Å². The minimum absolute atomic E-state index is 0.126. The van der Waals surface area contributed by atoms with Gasteiger partial charge in [-0.25, -0.2) is 13.4 Å². The summed E-state index contributed by atoms with van der Waals surface area (Å²) in [6, 6.07) is 15.7. The van der Waals surface area contributed by atoms with Gasteiger partial charge in [-0.05, 0) is 61.0 Å². The van der Waals surface area contributed by atoms with E-state index in [2.05, 4.69) is 15.0 Å². The zero-order valence-corrected chi connectivity index (χ0v) is 18.0. The van der Waals surface area contributed by atoms with E-state index in [4.69, 9.17) is 9.47 Å². The van der Waals surface area contributed by atoms with Crippen molar-refractivity contribution in [1.82, 2.24) is 10.3 Å². The molecule has 9 heteroatoms. The van der Waals surface area contributed by atoms with Crippen LogP contribution in [0.15, 0.2) is 71.8 Å². The number of sulfonamides is 1. The molecule has 1 aromatic heterocycles. The smallest absolute Gasteiger partial charge is 0.261 e. The molecule has 31 heavy (non-hydrogen) atoms. The van der Waals surface area contributed by atoms with Crippen LogP contribution in [0.25, 0.3) is 0 Å². The first-order valence-corrected chi connectivity index (χ1v) is 11.1. The number of nitrogens with one attached hydrogen (secondary N) is 2. The summed E-state index contributed by atoms with van der Waals surface area (Å²) in [5, 5.41) is 2.78. The summed E-state index contributed by atoms with van der Waals surface area (Å²) in [7, 11) is -2.21. The second-order valence-corrected chi connectivity index (χ2v) is 8.23. The number of pyridine rings is 1. The first-order chi connectivity index (χ1) is 14.9. The zero-order valence-electron chi connectivity index (χ0n) is 17.2. The second kappa shape index (κ2) is 9.94. The Morgan fingerprint density at radius 1 is 0.968 bits per heavy atom. The summed E-state index contributed by atoms with van der Waals surface area (Å²) in [6.45, 7) is 2.58. The highest BCUT2D eigenvalue weighted by molar-refractivity contribution is 7.92. The molecule has 0 aliphatic rings. The molecule has 0 radical (unpaired) electrons. The number of ether oxygens (including phenoxy) is 2. The molecule has 0 atom stereocenters. The number of amides is 1. The van der Waals surface area contributed by atoms with Gasteiger partial charge < -0.3 is 14.8 Å². The standard InChI is InChI=1S/C22H23N3O5S/c1-3-14-23-22(26)16-4-13-21(24-15-16)30-19-7-5-17(6-8-19)25-31(27,28)20-11-9-18(29-2)10-12-20/h4-13,15,25H,3,14H2,1-2H3,(H,23,26). The molecule has 0 fully saturated rings. The van der Waals surface area contributed by atoms with Gasteiger partial charge in [-0.3, -0.25) is 9.52 Å². The van der Waals surface area contributed by atoms with Crippen molar-refractivity contribution >= 4 is 21.6 Å². The number of anilines is 1. The van der Waals surface area contributed by atoms with E-state index in [1.165, 1.54) is 25.4 Å². The van der Waals surface area contributed by atoms with Crippen LogP contribution in [-0.2, 0) is 10.0 Å². The summed E-state index contributed by atoms with van der Waals surface area (Å²) in [5.74, 6) is 1.18. The molecule has 0 aliphatic carbocycles. The molecule has 8 nitrogen and oxygen atoms in total. The van der Waals surface area contributed by atoms with Crippen LogP contribution in [0.1, 0.15) is 23.7 Å². The van der Waals surface area contributed by atoms with Gasteiger partial charge in [0.05, 0.1) is 17.6 Å². The Morgan fingerprint density at radius 3 is 2.23 bits per heavy atom. The highest BCUT2D eigenvalue weighted by Crippen LogP contribution is 2.24. The summed E-state index contributed by atoms with van der Waals surface area (Å²) in [6.07, 6.45) is 2.30.